The smallest absolute Gasteiger partial charge is 0.270 e. The van der Waals surface area contributed by atoms with Gasteiger partial charge in [0.2, 0.25) is 0 Å². The Morgan fingerprint density at radius 1 is 0.456 bits per heavy atom. The molecular formula is C85H92N20O9. The van der Waals surface area contributed by atoms with Gasteiger partial charge in [0.05, 0.1) is 47.4 Å². The molecule has 5 N–H and O–H groups in total. The van der Waals surface area contributed by atoms with Crippen LogP contribution in [0.1, 0.15) is 84.9 Å². The minimum atomic E-state index is -0.480. The van der Waals surface area contributed by atoms with Crippen LogP contribution in [0.4, 0.5) is 0 Å². The molecule has 0 radical (unpaired) electrons. The van der Waals surface area contributed by atoms with E-state index in [9.17, 15) is 29.1 Å². The van der Waals surface area contributed by atoms with Gasteiger partial charge in [-0.25, -0.2) is 29.9 Å². The van der Waals surface area contributed by atoms with E-state index in [4.69, 9.17) is 29.2 Å². The van der Waals surface area contributed by atoms with Crippen molar-refractivity contribution < 1.29 is 43.3 Å². The summed E-state index contributed by atoms with van der Waals surface area (Å²) in [6, 6.07) is 40.3. The zero-order chi connectivity index (χ0) is 78.8. The number of nitrogens with zero attached hydrogens (tertiary/aromatic N) is 16. The number of ether oxygens (including phenoxy) is 3. The lowest BCUT2D eigenvalue weighted by atomic mass is 10.1. The highest BCUT2D eigenvalue weighted by Crippen LogP contribution is 2.45. The standard InChI is InChI=1S/C29H32N6O3.C28H29N7O3.C28H31N7O3/c1-34-10-12-35(13-11-34)28(37)26-16-21-14-20(2-3-23(21)32-26)15-27-31-9-5-24(33-27)25-17-22(4-8-30-25)38-19-29(18-36)6-7-29;1-34-10-12-35(13-11-34)28(37)24-16-19-14-18(2-3-21(19)32-24)15-26-30-8-5-22(33-26)23-17-20(4-7-29-23)38-25-6-9-31-27(25)36;1-33(2)27(36)18-38-21-6-8-29-24(17-21)23-7-9-30-26(32-23)15-19-4-5-22-20(14-19)16-25(31-22)28(37)35-12-10-34(3)11-13-35/h2-5,8-9,14,16-17,32,36H,6-7,10-13,15,18-19H2,1H3;2-5,7-8,14,16-17,25,32H,6,9-13,15H2,1H3,(H,31,36);4-9,14,16-17,31H,10-13,15,18H2,1-3H3/t;25-;/m.0./s1. The summed E-state index contributed by atoms with van der Waals surface area (Å²) >= 11 is 0. The summed E-state index contributed by atoms with van der Waals surface area (Å²) in [5, 5.41) is 15.3. The van der Waals surface area contributed by atoms with Crippen LogP contribution in [0.15, 0.2) is 165 Å². The van der Waals surface area contributed by atoms with E-state index >= 15 is 0 Å². The highest BCUT2D eigenvalue weighted by molar-refractivity contribution is 6.00. The van der Waals surface area contributed by atoms with Crippen LogP contribution in [0.25, 0.3) is 66.9 Å². The van der Waals surface area contributed by atoms with E-state index in [-0.39, 0.29) is 48.2 Å². The highest BCUT2D eigenvalue weighted by Gasteiger charge is 2.43. The minimum Gasteiger partial charge on any atom is -0.493 e. The van der Waals surface area contributed by atoms with Crippen LogP contribution in [0.5, 0.6) is 17.2 Å². The fraction of sp³-hybridized carbons (Fsp3) is 0.341. The molecule has 0 bridgehead atoms. The number of H-pyrrole nitrogens is 3. The Hall–Kier alpha value is -12.4. The molecule has 12 aromatic rings. The van der Waals surface area contributed by atoms with Gasteiger partial charge in [-0.1, -0.05) is 18.2 Å². The molecule has 29 nitrogen and oxygen atoms in total. The molecule has 0 spiro atoms. The molecule has 13 heterocycles. The van der Waals surface area contributed by atoms with E-state index in [0.29, 0.717) is 113 Å². The number of nitrogens with one attached hydrogen (secondary N) is 4. The molecule has 17 rings (SSSR count). The van der Waals surface area contributed by atoms with E-state index in [0.717, 1.165) is 152 Å². The zero-order valence-electron chi connectivity index (χ0n) is 64.6. The molecule has 1 saturated carbocycles. The molecule has 114 heavy (non-hydrogen) atoms. The average molecular weight is 1540 g/mol. The van der Waals surface area contributed by atoms with Crippen molar-refractivity contribution in [2.45, 2.75) is 44.6 Å². The first-order valence-electron chi connectivity index (χ1n) is 38.5. The average Bonchev–Trinajstić information content (AvgIpc) is 1.08. The highest BCUT2D eigenvalue weighted by atomic mass is 16.5. The maximum atomic E-state index is 13.0. The van der Waals surface area contributed by atoms with Gasteiger partial charge in [-0.3, -0.25) is 38.9 Å². The number of hydrogen-bond donors (Lipinski definition) is 5. The topological polar surface area (TPSA) is 331 Å². The van der Waals surface area contributed by atoms with E-state index < -0.39 is 6.10 Å². The number of carbonyl (C=O) groups excluding carboxylic acids is 5. The van der Waals surface area contributed by atoms with E-state index in [2.05, 4.69) is 104 Å². The first-order valence-corrected chi connectivity index (χ1v) is 38.5. The van der Waals surface area contributed by atoms with E-state index in [1.165, 1.54) is 4.90 Å². The first kappa shape index (κ1) is 76.9. The van der Waals surface area contributed by atoms with Gasteiger partial charge in [0.15, 0.2) is 12.7 Å². The molecular weight excluding hydrogens is 1450 g/mol. The summed E-state index contributed by atoms with van der Waals surface area (Å²) in [6.07, 6.45) is 14.0. The Morgan fingerprint density at radius 3 is 1.18 bits per heavy atom. The molecule has 4 saturated heterocycles. The van der Waals surface area contributed by atoms with Crippen molar-refractivity contribution in [3.8, 4) is 51.4 Å². The predicted molar refractivity (Wildman–Crippen MR) is 430 cm³/mol. The molecule has 1 aliphatic carbocycles. The monoisotopic (exact) mass is 1540 g/mol. The maximum absolute atomic E-state index is 13.0. The third kappa shape index (κ3) is 19.0. The van der Waals surface area contributed by atoms with Crippen molar-refractivity contribution in [1.29, 1.82) is 0 Å². The lowest BCUT2D eigenvalue weighted by Gasteiger charge is -2.32. The third-order valence-electron chi connectivity index (χ3n) is 21.3. The first-order chi connectivity index (χ1) is 55.4. The number of hydrogen-bond acceptors (Lipinski definition) is 21. The number of carbonyl (C=O) groups is 5. The van der Waals surface area contributed by atoms with Crippen molar-refractivity contribution in [3.05, 3.63) is 216 Å². The number of aliphatic hydroxyl groups is 1. The van der Waals surface area contributed by atoms with Gasteiger partial charge in [0.1, 0.15) is 51.8 Å². The van der Waals surface area contributed by atoms with Crippen LogP contribution in [0.2, 0.25) is 0 Å². The van der Waals surface area contributed by atoms with Crippen LogP contribution >= 0.6 is 0 Å². The number of aromatic nitrogens is 12. The molecule has 3 aromatic carbocycles. The van der Waals surface area contributed by atoms with Gasteiger partial charge < -0.3 is 73.9 Å². The molecule has 5 fully saturated rings. The predicted octanol–water partition coefficient (Wildman–Crippen LogP) is 7.88. The summed E-state index contributed by atoms with van der Waals surface area (Å²) in [7, 11) is 9.60. The summed E-state index contributed by atoms with van der Waals surface area (Å²) in [6.45, 7) is 11.0. The molecule has 1 atom stereocenters. The van der Waals surface area contributed by atoms with Gasteiger partial charge in [0.25, 0.3) is 29.5 Å². The van der Waals surface area contributed by atoms with Gasteiger partial charge in [-0.05, 0) is 142 Å². The van der Waals surface area contributed by atoms with Crippen LogP contribution in [-0.4, -0.2) is 275 Å². The fourth-order valence-corrected chi connectivity index (χ4v) is 14.0. The SMILES string of the molecule is CN1CCN(C(=O)c2cc3cc(Cc4nccc(-c5cc(OCC(=O)N(C)C)ccn5)n4)ccc3[nH]2)CC1.CN1CCN(C(=O)c2cc3cc(Cc4nccc(-c5cc(OCC6(CO)CC6)ccn5)n4)ccc3[nH]2)CC1.CN1CCN(C(=O)c2cc3cc(Cc4nccc(-c5cc(O[C@H]6CCNC6=O)ccn5)n4)ccc3[nH]2)CC1. The van der Waals surface area contributed by atoms with Gasteiger partial charge in [0, 0.05) is 218 Å². The Balaban J connectivity index is 0.000000135. The second kappa shape index (κ2) is 34.7. The number of rotatable bonds is 21. The number of aliphatic hydroxyl groups excluding tert-OH is 1. The quantitative estimate of drug-likeness (QED) is 0.0456. The van der Waals surface area contributed by atoms with Crippen LogP contribution in [-0.2, 0) is 28.9 Å². The lowest BCUT2D eigenvalue weighted by molar-refractivity contribution is -0.130. The van der Waals surface area contributed by atoms with Crippen LogP contribution in [0, 0.1) is 5.41 Å². The number of aromatic amines is 3. The second-order valence-electron chi connectivity index (χ2n) is 30.0. The Morgan fingerprint density at radius 2 is 0.825 bits per heavy atom. The largest absolute Gasteiger partial charge is 0.493 e. The van der Waals surface area contributed by atoms with Gasteiger partial charge in [-0.2, -0.15) is 0 Å². The van der Waals surface area contributed by atoms with Gasteiger partial charge in [-0.15, -0.1) is 0 Å². The number of piperazine rings is 3. The number of benzene rings is 3. The van der Waals surface area contributed by atoms with Crippen molar-refractivity contribution in [2.24, 2.45) is 5.41 Å². The zero-order valence-corrected chi connectivity index (χ0v) is 64.6. The summed E-state index contributed by atoms with van der Waals surface area (Å²) in [5.41, 5.74) is 11.8. The Kier molecular flexibility index (Phi) is 23.4. The molecule has 5 aliphatic rings. The summed E-state index contributed by atoms with van der Waals surface area (Å²) in [5.74, 6) is 3.76. The van der Waals surface area contributed by atoms with Crippen LogP contribution in [0.3, 0.4) is 0 Å². The van der Waals surface area contributed by atoms with E-state index in [1.54, 1.807) is 81.6 Å². The number of amides is 5. The molecule has 29 heteroatoms. The molecule has 0 unspecified atom stereocenters. The third-order valence-corrected chi connectivity index (χ3v) is 21.3. The second-order valence-corrected chi connectivity index (χ2v) is 30.0. The summed E-state index contributed by atoms with van der Waals surface area (Å²) < 4.78 is 17.4. The molecule has 9 aromatic heterocycles. The minimum absolute atomic E-state index is 0.0386. The number of fused-ring (bicyclic) bond motifs is 3. The number of likely N-dealkylation sites (N-methyl/N-ethyl adjacent to an activating group) is 4. The van der Waals surface area contributed by atoms with Crippen molar-refractivity contribution in [1.82, 2.24) is 99.4 Å². The van der Waals surface area contributed by atoms with E-state index in [1.807, 2.05) is 93.6 Å². The maximum Gasteiger partial charge on any atom is 0.270 e. The molecule has 5 amide bonds. The number of pyridine rings is 3. The summed E-state index contributed by atoms with van der Waals surface area (Å²) in [4.78, 5) is 127. The van der Waals surface area contributed by atoms with Crippen molar-refractivity contribution >= 4 is 62.2 Å². The lowest BCUT2D eigenvalue weighted by Crippen LogP contribution is -2.47. The normalized spacial score (nSPS) is 16.4. The van der Waals surface area contributed by atoms with Crippen molar-refractivity contribution in [3.63, 3.8) is 0 Å². The molecule has 4 aliphatic heterocycles. The Labute approximate surface area is 659 Å². The molecule has 586 valence electrons. The fourth-order valence-electron chi connectivity index (χ4n) is 14.0. The Bertz CT molecular complexity index is 5460. The van der Waals surface area contributed by atoms with Gasteiger partial charge >= 0.3 is 0 Å². The van der Waals surface area contributed by atoms with Crippen molar-refractivity contribution in [2.75, 3.05) is 140 Å². The van der Waals surface area contributed by atoms with Crippen LogP contribution < -0.4 is 19.5 Å².